The Labute approximate surface area is 93.7 Å². The molecule has 0 radical (unpaired) electrons. The molecular formula is C12H25N3. The SMILES string of the molecule is CC1CCCN(C(N)=NC(C)(C)C)C1C. The molecule has 3 heteroatoms. The molecule has 1 rings (SSSR count). The maximum absolute atomic E-state index is 6.06. The number of nitrogens with zero attached hydrogens (tertiary/aromatic N) is 2. The van der Waals surface area contributed by atoms with Crippen LogP contribution >= 0.6 is 0 Å². The molecule has 0 saturated carbocycles. The van der Waals surface area contributed by atoms with Gasteiger partial charge in [-0.15, -0.1) is 0 Å². The van der Waals surface area contributed by atoms with Crippen molar-refractivity contribution in [3.05, 3.63) is 0 Å². The molecule has 2 atom stereocenters. The lowest BCUT2D eigenvalue weighted by Gasteiger charge is -2.39. The molecule has 0 aromatic carbocycles. The fraction of sp³-hybridized carbons (Fsp3) is 0.917. The Kier molecular flexibility index (Phi) is 3.63. The minimum absolute atomic E-state index is 0.0789. The fourth-order valence-electron chi connectivity index (χ4n) is 2.07. The molecule has 0 aromatic heterocycles. The van der Waals surface area contributed by atoms with Crippen LogP contribution in [0.2, 0.25) is 0 Å². The van der Waals surface area contributed by atoms with Gasteiger partial charge in [-0.05, 0) is 46.5 Å². The van der Waals surface area contributed by atoms with Crippen molar-refractivity contribution in [3.8, 4) is 0 Å². The van der Waals surface area contributed by atoms with Crippen LogP contribution in [0.4, 0.5) is 0 Å². The van der Waals surface area contributed by atoms with Crippen molar-refractivity contribution in [3.63, 3.8) is 0 Å². The second-order valence-electron chi connectivity index (χ2n) is 5.69. The van der Waals surface area contributed by atoms with E-state index in [9.17, 15) is 0 Å². The summed E-state index contributed by atoms with van der Waals surface area (Å²) < 4.78 is 0. The van der Waals surface area contributed by atoms with E-state index in [2.05, 4.69) is 44.5 Å². The Bertz CT molecular complexity index is 240. The molecule has 3 nitrogen and oxygen atoms in total. The van der Waals surface area contributed by atoms with Gasteiger partial charge in [-0.25, -0.2) is 4.99 Å². The summed E-state index contributed by atoms with van der Waals surface area (Å²) in [5.41, 5.74) is 5.98. The first kappa shape index (κ1) is 12.3. The summed E-state index contributed by atoms with van der Waals surface area (Å²) in [6, 6.07) is 0.518. The Morgan fingerprint density at radius 1 is 1.33 bits per heavy atom. The maximum Gasteiger partial charge on any atom is 0.192 e. The summed E-state index contributed by atoms with van der Waals surface area (Å²) in [5, 5.41) is 0. The fourth-order valence-corrected chi connectivity index (χ4v) is 2.07. The lowest BCUT2D eigenvalue weighted by molar-refractivity contribution is 0.188. The molecule has 1 aliphatic rings. The van der Waals surface area contributed by atoms with Crippen molar-refractivity contribution >= 4 is 5.96 Å². The molecule has 0 aliphatic carbocycles. The van der Waals surface area contributed by atoms with Crippen LogP contribution in [0.15, 0.2) is 4.99 Å². The van der Waals surface area contributed by atoms with E-state index in [1.165, 1.54) is 12.8 Å². The van der Waals surface area contributed by atoms with Crippen LogP contribution in [0.3, 0.4) is 0 Å². The van der Waals surface area contributed by atoms with Crippen LogP contribution in [0.5, 0.6) is 0 Å². The summed E-state index contributed by atoms with van der Waals surface area (Å²) >= 11 is 0. The van der Waals surface area contributed by atoms with Crippen molar-refractivity contribution in [1.29, 1.82) is 0 Å². The number of aliphatic imine (C=N–C) groups is 1. The zero-order valence-electron chi connectivity index (χ0n) is 10.7. The van der Waals surface area contributed by atoms with E-state index >= 15 is 0 Å². The highest BCUT2D eigenvalue weighted by Crippen LogP contribution is 2.23. The van der Waals surface area contributed by atoms with Crippen molar-refractivity contribution in [2.75, 3.05) is 6.54 Å². The molecule has 2 unspecified atom stereocenters. The highest BCUT2D eigenvalue weighted by atomic mass is 15.3. The van der Waals surface area contributed by atoms with E-state index in [0.717, 1.165) is 6.54 Å². The Morgan fingerprint density at radius 3 is 2.47 bits per heavy atom. The highest BCUT2D eigenvalue weighted by Gasteiger charge is 2.26. The summed E-state index contributed by atoms with van der Waals surface area (Å²) in [7, 11) is 0. The van der Waals surface area contributed by atoms with E-state index in [1.807, 2.05) is 0 Å². The van der Waals surface area contributed by atoms with Gasteiger partial charge < -0.3 is 10.6 Å². The predicted octanol–water partition coefficient (Wildman–Crippen LogP) is 2.22. The number of piperidine rings is 1. The number of rotatable bonds is 0. The zero-order chi connectivity index (χ0) is 11.6. The van der Waals surface area contributed by atoms with Crippen LogP contribution in [-0.4, -0.2) is 29.0 Å². The maximum atomic E-state index is 6.06. The molecule has 1 fully saturated rings. The van der Waals surface area contributed by atoms with Crippen LogP contribution in [0, 0.1) is 5.92 Å². The van der Waals surface area contributed by atoms with Gasteiger partial charge in [-0.2, -0.15) is 0 Å². The first-order valence-corrected chi connectivity index (χ1v) is 5.93. The summed E-state index contributed by atoms with van der Waals surface area (Å²) in [5.74, 6) is 1.43. The Balaban J connectivity index is 2.74. The molecule has 2 N–H and O–H groups in total. The minimum atomic E-state index is -0.0789. The smallest absolute Gasteiger partial charge is 0.192 e. The topological polar surface area (TPSA) is 41.6 Å². The minimum Gasteiger partial charge on any atom is -0.370 e. The van der Waals surface area contributed by atoms with E-state index in [0.29, 0.717) is 17.9 Å². The molecule has 0 aromatic rings. The molecule has 15 heavy (non-hydrogen) atoms. The molecule has 1 heterocycles. The van der Waals surface area contributed by atoms with Crippen molar-refractivity contribution in [2.45, 2.75) is 59.0 Å². The first-order chi connectivity index (χ1) is 6.81. The molecule has 1 saturated heterocycles. The van der Waals surface area contributed by atoms with Gasteiger partial charge in [0.05, 0.1) is 5.54 Å². The summed E-state index contributed by atoms with van der Waals surface area (Å²) in [6.45, 7) is 11.8. The van der Waals surface area contributed by atoms with Crippen LogP contribution in [-0.2, 0) is 0 Å². The Hall–Kier alpha value is -0.730. The third-order valence-corrected chi connectivity index (χ3v) is 3.12. The lowest BCUT2D eigenvalue weighted by atomic mass is 9.92. The number of hydrogen-bond acceptors (Lipinski definition) is 1. The molecule has 0 bridgehead atoms. The van der Waals surface area contributed by atoms with Crippen molar-refractivity contribution in [2.24, 2.45) is 16.6 Å². The van der Waals surface area contributed by atoms with Gasteiger partial charge in [0.15, 0.2) is 5.96 Å². The number of nitrogens with two attached hydrogens (primary N) is 1. The number of guanidine groups is 1. The molecule has 1 aliphatic heterocycles. The second kappa shape index (κ2) is 4.42. The second-order valence-corrected chi connectivity index (χ2v) is 5.69. The molecular weight excluding hydrogens is 186 g/mol. The summed E-state index contributed by atoms with van der Waals surface area (Å²) in [6.07, 6.45) is 2.53. The average molecular weight is 211 g/mol. The van der Waals surface area contributed by atoms with Gasteiger partial charge in [0.1, 0.15) is 0 Å². The van der Waals surface area contributed by atoms with Crippen molar-refractivity contribution < 1.29 is 0 Å². The standard InChI is InChI=1S/C12H25N3/c1-9-7-6-8-15(10(9)2)11(13)14-12(3,4)5/h9-10H,6-8H2,1-5H3,(H2,13,14). The van der Waals surface area contributed by atoms with Gasteiger partial charge >= 0.3 is 0 Å². The molecule has 88 valence electrons. The van der Waals surface area contributed by atoms with Crippen LogP contribution < -0.4 is 5.73 Å². The monoisotopic (exact) mass is 211 g/mol. The summed E-state index contributed by atoms with van der Waals surface area (Å²) in [4.78, 5) is 6.79. The van der Waals surface area contributed by atoms with E-state index in [4.69, 9.17) is 5.73 Å². The van der Waals surface area contributed by atoms with Gasteiger partial charge in [-0.1, -0.05) is 6.92 Å². The van der Waals surface area contributed by atoms with Gasteiger partial charge in [-0.3, -0.25) is 0 Å². The van der Waals surface area contributed by atoms with E-state index < -0.39 is 0 Å². The Morgan fingerprint density at radius 2 is 1.93 bits per heavy atom. The number of hydrogen-bond donors (Lipinski definition) is 1. The third kappa shape index (κ3) is 3.40. The third-order valence-electron chi connectivity index (χ3n) is 3.12. The van der Waals surface area contributed by atoms with E-state index in [-0.39, 0.29) is 5.54 Å². The predicted molar refractivity (Wildman–Crippen MR) is 65.9 cm³/mol. The lowest BCUT2D eigenvalue weighted by Crippen LogP contribution is -2.50. The van der Waals surface area contributed by atoms with E-state index in [1.54, 1.807) is 0 Å². The average Bonchev–Trinajstić information content (AvgIpc) is 2.06. The van der Waals surface area contributed by atoms with Crippen LogP contribution in [0.1, 0.15) is 47.5 Å². The highest BCUT2D eigenvalue weighted by molar-refractivity contribution is 5.79. The van der Waals surface area contributed by atoms with Gasteiger partial charge in [0.25, 0.3) is 0 Å². The molecule has 0 spiro atoms. The van der Waals surface area contributed by atoms with Gasteiger partial charge in [0, 0.05) is 12.6 Å². The number of likely N-dealkylation sites (tertiary alicyclic amines) is 1. The zero-order valence-corrected chi connectivity index (χ0v) is 10.7. The van der Waals surface area contributed by atoms with Crippen molar-refractivity contribution in [1.82, 2.24) is 4.90 Å². The normalized spacial score (nSPS) is 29.4. The largest absolute Gasteiger partial charge is 0.370 e. The quantitative estimate of drug-likeness (QED) is 0.493. The molecule has 0 amide bonds. The van der Waals surface area contributed by atoms with Crippen LogP contribution in [0.25, 0.3) is 0 Å². The first-order valence-electron chi connectivity index (χ1n) is 5.93. The van der Waals surface area contributed by atoms with Gasteiger partial charge in [0.2, 0.25) is 0 Å².